The first-order valence-electron chi connectivity index (χ1n) is 4.09. The van der Waals surface area contributed by atoms with E-state index in [1.807, 2.05) is 0 Å². The van der Waals surface area contributed by atoms with Crippen LogP contribution in [0.5, 0.6) is 0 Å². The fourth-order valence-electron chi connectivity index (χ4n) is 1.05. The van der Waals surface area contributed by atoms with E-state index in [0.717, 1.165) is 12.1 Å². The zero-order valence-corrected chi connectivity index (χ0v) is 8.82. The minimum atomic E-state index is -4.53. The lowest BCUT2D eigenvalue weighted by atomic mass is 10.0. The minimum Gasteiger partial charge on any atom is -0.386 e. The highest BCUT2D eigenvalue weighted by molar-refractivity contribution is 6.30. The molecular formula is C9H9ClF3NO. The van der Waals surface area contributed by atoms with Crippen LogP contribution in [0.15, 0.2) is 12.1 Å². The fourth-order valence-corrected chi connectivity index (χ4v) is 1.43. The summed E-state index contributed by atoms with van der Waals surface area (Å²) in [6, 6.07) is 1.91. The Hall–Kier alpha value is -0.810. The lowest BCUT2D eigenvalue weighted by Crippen LogP contribution is -2.18. The normalized spacial score (nSPS) is 13.0. The number of alkyl halides is 3. The molecule has 0 unspecified atom stereocenters. The van der Waals surface area contributed by atoms with Crippen LogP contribution < -0.4 is 0 Å². The van der Waals surface area contributed by atoms with Crippen molar-refractivity contribution in [3.8, 4) is 0 Å². The summed E-state index contributed by atoms with van der Waals surface area (Å²) in [5, 5.41) is 9.22. The van der Waals surface area contributed by atoms with E-state index >= 15 is 0 Å². The van der Waals surface area contributed by atoms with E-state index in [-0.39, 0.29) is 10.7 Å². The Balaban J connectivity index is 3.21. The molecule has 0 radical (unpaired) electrons. The molecule has 2 nitrogen and oxygen atoms in total. The lowest BCUT2D eigenvalue weighted by molar-refractivity contribution is -0.141. The zero-order valence-electron chi connectivity index (χ0n) is 8.06. The molecule has 0 aliphatic rings. The molecule has 84 valence electrons. The SMILES string of the molecule is CC(C)(O)c1ccc(C(F)(F)F)nc1Cl. The van der Waals surface area contributed by atoms with Gasteiger partial charge in [0.05, 0.1) is 5.60 Å². The van der Waals surface area contributed by atoms with E-state index in [2.05, 4.69) is 4.98 Å². The van der Waals surface area contributed by atoms with Crippen molar-refractivity contribution in [2.75, 3.05) is 0 Å². The lowest BCUT2D eigenvalue weighted by Gasteiger charge is -2.19. The minimum absolute atomic E-state index is 0.164. The predicted octanol–water partition coefficient (Wildman–Crippen LogP) is 2.98. The van der Waals surface area contributed by atoms with Crippen molar-refractivity contribution in [1.29, 1.82) is 0 Å². The van der Waals surface area contributed by atoms with Crippen LogP contribution in [0.25, 0.3) is 0 Å². The summed E-state index contributed by atoms with van der Waals surface area (Å²) in [5.41, 5.74) is -2.22. The van der Waals surface area contributed by atoms with Gasteiger partial charge in [-0.2, -0.15) is 13.2 Å². The smallest absolute Gasteiger partial charge is 0.386 e. The maximum absolute atomic E-state index is 12.2. The molecule has 1 aromatic heterocycles. The van der Waals surface area contributed by atoms with Crippen LogP contribution in [0, 0.1) is 0 Å². The summed E-state index contributed by atoms with van der Waals surface area (Å²) < 4.78 is 36.6. The summed E-state index contributed by atoms with van der Waals surface area (Å²) in [5.74, 6) is 0. The molecule has 0 amide bonds. The number of hydrogen-bond donors (Lipinski definition) is 1. The monoisotopic (exact) mass is 239 g/mol. The van der Waals surface area contributed by atoms with E-state index in [1.54, 1.807) is 0 Å². The quantitative estimate of drug-likeness (QED) is 0.765. The molecule has 1 aromatic rings. The van der Waals surface area contributed by atoms with Gasteiger partial charge >= 0.3 is 6.18 Å². The molecule has 0 spiro atoms. The Morgan fingerprint density at radius 2 is 1.80 bits per heavy atom. The first-order valence-corrected chi connectivity index (χ1v) is 4.47. The molecule has 1 rings (SSSR count). The second-order valence-corrected chi connectivity index (χ2v) is 3.95. The number of pyridine rings is 1. The third-order valence-electron chi connectivity index (χ3n) is 1.80. The summed E-state index contributed by atoms with van der Waals surface area (Å²) in [7, 11) is 0. The van der Waals surface area contributed by atoms with E-state index in [4.69, 9.17) is 11.6 Å². The number of rotatable bonds is 1. The maximum atomic E-state index is 12.2. The van der Waals surface area contributed by atoms with Crippen LogP contribution in [-0.2, 0) is 11.8 Å². The van der Waals surface area contributed by atoms with Gasteiger partial charge < -0.3 is 5.11 Å². The number of halogens is 4. The highest BCUT2D eigenvalue weighted by Crippen LogP contribution is 2.32. The van der Waals surface area contributed by atoms with E-state index in [1.165, 1.54) is 13.8 Å². The molecule has 0 bridgehead atoms. The molecule has 15 heavy (non-hydrogen) atoms. The fraction of sp³-hybridized carbons (Fsp3) is 0.444. The zero-order chi connectivity index (χ0) is 11.9. The largest absolute Gasteiger partial charge is 0.433 e. The third kappa shape index (κ3) is 2.82. The second-order valence-electron chi connectivity index (χ2n) is 3.59. The Bertz CT molecular complexity index is 371. The second kappa shape index (κ2) is 3.64. The van der Waals surface area contributed by atoms with Crippen molar-refractivity contribution >= 4 is 11.6 Å². The summed E-state index contributed by atoms with van der Waals surface area (Å²) >= 11 is 5.55. The van der Waals surface area contributed by atoms with Gasteiger partial charge in [-0.1, -0.05) is 17.7 Å². The molecule has 6 heteroatoms. The van der Waals surface area contributed by atoms with Crippen LogP contribution >= 0.6 is 11.6 Å². The van der Waals surface area contributed by atoms with Gasteiger partial charge in [-0.3, -0.25) is 0 Å². The van der Waals surface area contributed by atoms with Crippen LogP contribution in [0.4, 0.5) is 13.2 Å². The molecular weight excluding hydrogens is 231 g/mol. The van der Waals surface area contributed by atoms with Crippen LogP contribution in [0.2, 0.25) is 5.15 Å². The molecule has 0 atom stereocenters. The average molecular weight is 240 g/mol. The molecule has 0 aliphatic heterocycles. The topological polar surface area (TPSA) is 33.1 Å². The third-order valence-corrected chi connectivity index (χ3v) is 2.09. The van der Waals surface area contributed by atoms with E-state index in [9.17, 15) is 18.3 Å². The summed E-state index contributed by atoms with van der Waals surface area (Å²) in [4.78, 5) is 3.19. The molecule has 1 heterocycles. The predicted molar refractivity (Wildman–Crippen MR) is 49.5 cm³/mol. The molecule has 0 fully saturated rings. The number of aliphatic hydroxyl groups is 1. The molecule has 0 aromatic carbocycles. The Labute approximate surface area is 89.7 Å². The van der Waals surface area contributed by atoms with Gasteiger partial charge in [-0.05, 0) is 19.9 Å². The molecule has 0 aliphatic carbocycles. The van der Waals surface area contributed by atoms with Crippen molar-refractivity contribution in [2.45, 2.75) is 25.6 Å². The van der Waals surface area contributed by atoms with Crippen molar-refractivity contribution in [3.05, 3.63) is 28.5 Å². The van der Waals surface area contributed by atoms with Gasteiger partial charge in [-0.25, -0.2) is 4.98 Å². The highest BCUT2D eigenvalue weighted by Gasteiger charge is 2.34. The van der Waals surface area contributed by atoms with Gasteiger partial charge in [-0.15, -0.1) is 0 Å². The molecule has 0 saturated carbocycles. The Kier molecular flexibility index (Phi) is 2.98. The van der Waals surface area contributed by atoms with Gasteiger partial charge in [0.25, 0.3) is 0 Å². The van der Waals surface area contributed by atoms with Gasteiger partial charge in [0.1, 0.15) is 10.8 Å². The summed E-state index contributed by atoms with van der Waals surface area (Å²) in [6.07, 6.45) is -4.53. The number of aromatic nitrogens is 1. The van der Waals surface area contributed by atoms with Crippen LogP contribution in [0.1, 0.15) is 25.1 Å². The molecule has 0 saturated heterocycles. The van der Waals surface area contributed by atoms with Gasteiger partial charge in [0, 0.05) is 5.56 Å². The number of hydrogen-bond acceptors (Lipinski definition) is 2. The average Bonchev–Trinajstić information content (AvgIpc) is 1.99. The van der Waals surface area contributed by atoms with Crippen molar-refractivity contribution in [3.63, 3.8) is 0 Å². The van der Waals surface area contributed by atoms with E-state index < -0.39 is 17.5 Å². The maximum Gasteiger partial charge on any atom is 0.433 e. The van der Waals surface area contributed by atoms with Crippen LogP contribution in [-0.4, -0.2) is 10.1 Å². The van der Waals surface area contributed by atoms with Crippen molar-refractivity contribution < 1.29 is 18.3 Å². The standard InChI is InChI=1S/C9H9ClF3NO/c1-8(2,15)5-3-4-6(9(11,12)13)14-7(5)10/h3-4,15H,1-2H3. The molecule has 1 N–H and O–H groups in total. The van der Waals surface area contributed by atoms with Gasteiger partial charge in [0.15, 0.2) is 0 Å². The Morgan fingerprint density at radius 3 is 2.13 bits per heavy atom. The van der Waals surface area contributed by atoms with Crippen molar-refractivity contribution in [1.82, 2.24) is 4.98 Å². The van der Waals surface area contributed by atoms with E-state index in [0.29, 0.717) is 0 Å². The number of nitrogens with zero attached hydrogens (tertiary/aromatic N) is 1. The highest BCUT2D eigenvalue weighted by atomic mass is 35.5. The first-order chi connectivity index (χ1) is 6.62. The Morgan fingerprint density at radius 1 is 1.27 bits per heavy atom. The van der Waals surface area contributed by atoms with Crippen molar-refractivity contribution in [2.24, 2.45) is 0 Å². The van der Waals surface area contributed by atoms with Gasteiger partial charge in [0.2, 0.25) is 0 Å². The van der Waals surface area contributed by atoms with Crippen LogP contribution in [0.3, 0.4) is 0 Å². The summed E-state index contributed by atoms with van der Waals surface area (Å²) in [6.45, 7) is 2.84. The first kappa shape index (κ1) is 12.3.